The third kappa shape index (κ3) is 3.44. The lowest BCUT2D eigenvalue weighted by Crippen LogP contribution is -2.50. The van der Waals surface area contributed by atoms with Crippen LogP contribution in [0.5, 0.6) is 5.75 Å². The second-order valence-electron chi connectivity index (χ2n) is 4.97. The van der Waals surface area contributed by atoms with Crippen molar-refractivity contribution in [3.63, 3.8) is 0 Å². The van der Waals surface area contributed by atoms with E-state index in [0.29, 0.717) is 11.4 Å². The van der Waals surface area contributed by atoms with Crippen molar-refractivity contribution in [1.29, 1.82) is 0 Å². The highest BCUT2D eigenvalue weighted by Crippen LogP contribution is 2.34. The average Bonchev–Trinajstić information content (AvgIpc) is 2.49. The van der Waals surface area contributed by atoms with Gasteiger partial charge in [-0.05, 0) is 32.4 Å². The first kappa shape index (κ1) is 16.8. The Morgan fingerprint density at radius 1 is 1.22 bits per heavy atom. The van der Waals surface area contributed by atoms with Crippen LogP contribution in [-0.4, -0.2) is 37.2 Å². The van der Waals surface area contributed by atoms with E-state index in [1.807, 2.05) is 13.0 Å². The third-order valence-corrected chi connectivity index (χ3v) is 3.41. The summed E-state index contributed by atoms with van der Waals surface area (Å²) in [5.41, 5.74) is 1.39. The lowest BCUT2D eigenvalue weighted by Gasteiger charge is -2.30. The van der Waals surface area contributed by atoms with E-state index in [1.165, 1.54) is 0 Å². The summed E-state index contributed by atoms with van der Waals surface area (Å²) in [5, 5.41) is 2.92. The number of anilines is 1. The minimum absolute atomic E-state index is 0.0894. The number of hydrogen-bond acceptors (Lipinski definition) is 7. The lowest BCUT2D eigenvalue weighted by molar-refractivity contribution is -0.165. The summed E-state index contributed by atoms with van der Waals surface area (Å²) in [4.78, 5) is 36.5. The molecule has 0 bridgehead atoms. The maximum atomic E-state index is 12.2. The number of benzene rings is 1. The Hall–Kier alpha value is -2.57. The Kier molecular flexibility index (Phi) is 5.20. The van der Waals surface area contributed by atoms with Gasteiger partial charge in [-0.3, -0.25) is 9.59 Å². The normalized spacial score (nSPS) is 16.2. The summed E-state index contributed by atoms with van der Waals surface area (Å²) in [5.74, 6) is -3.43. The maximum absolute atomic E-state index is 12.2. The predicted molar refractivity (Wildman–Crippen MR) is 81.0 cm³/mol. The molecule has 0 spiro atoms. The van der Waals surface area contributed by atoms with Crippen LogP contribution in [0.2, 0.25) is 0 Å². The van der Waals surface area contributed by atoms with Crippen LogP contribution in [-0.2, 0) is 23.9 Å². The maximum Gasteiger partial charge on any atom is 0.335 e. The van der Waals surface area contributed by atoms with Crippen molar-refractivity contribution >= 4 is 23.6 Å². The molecular formula is C16H19NO6. The minimum Gasteiger partial charge on any atom is -0.465 e. The first-order chi connectivity index (χ1) is 11.0. The zero-order valence-electron chi connectivity index (χ0n) is 13.3. The Morgan fingerprint density at radius 3 is 2.39 bits per heavy atom. The molecule has 1 unspecified atom stereocenters. The van der Waals surface area contributed by atoms with Crippen molar-refractivity contribution in [2.45, 2.75) is 26.8 Å². The topological polar surface area (TPSA) is 90.9 Å². The van der Waals surface area contributed by atoms with Gasteiger partial charge in [-0.2, -0.15) is 0 Å². The first-order valence-corrected chi connectivity index (χ1v) is 7.40. The van der Waals surface area contributed by atoms with E-state index in [4.69, 9.17) is 14.2 Å². The number of carbonyl (C=O) groups is 3. The largest absolute Gasteiger partial charge is 0.465 e. The molecule has 0 radical (unpaired) electrons. The molecule has 0 saturated carbocycles. The molecule has 1 aliphatic heterocycles. The van der Waals surface area contributed by atoms with Gasteiger partial charge >= 0.3 is 17.9 Å². The van der Waals surface area contributed by atoms with Crippen LogP contribution >= 0.6 is 0 Å². The van der Waals surface area contributed by atoms with Gasteiger partial charge in [0, 0.05) is 0 Å². The van der Waals surface area contributed by atoms with Crippen LogP contribution in [0.25, 0.3) is 0 Å². The molecule has 1 atom stereocenters. The first-order valence-electron chi connectivity index (χ1n) is 7.40. The van der Waals surface area contributed by atoms with Crippen molar-refractivity contribution in [1.82, 2.24) is 0 Å². The van der Waals surface area contributed by atoms with Crippen LogP contribution in [0, 0.1) is 12.8 Å². The van der Waals surface area contributed by atoms with Gasteiger partial charge in [-0.15, -0.1) is 0 Å². The van der Waals surface area contributed by atoms with Crippen LogP contribution < -0.4 is 10.1 Å². The van der Waals surface area contributed by atoms with Gasteiger partial charge in [-0.25, -0.2) is 4.79 Å². The number of carbonyl (C=O) groups excluding carboxylic acids is 3. The fraction of sp³-hybridized carbons (Fsp3) is 0.438. The van der Waals surface area contributed by atoms with Crippen molar-refractivity contribution in [3.8, 4) is 5.75 Å². The molecule has 0 aliphatic carbocycles. The number of rotatable bonds is 5. The Bertz CT molecular complexity index is 609. The standard InChI is InChI=1S/C16H19NO6/c1-4-21-14(18)11(15(19)22-5-2)13-16(20)23-10-8-6-7-9(3)12(10)17-13/h6-8,11,13,17H,4-5H2,1-3H3. The van der Waals surface area contributed by atoms with Gasteiger partial charge < -0.3 is 19.5 Å². The molecule has 7 heteroatoms. The molecule has 0 amide bonds. The molecule has 0 saturated heterocycles. The zero-order valence-corrected chi connectivity index (χ0v) is 13.3. The Labute approximate surface area is 133 Å². The highest BCUT2D eigenvalue weighted by molar-refractivity contribution is 6.03. The second-order valence-corrected chi connectivity index (χ2v) is 4.97. The fourth-order valence-electron chi connectivity index (χ4n) is 2.35. The fourth-order valence-corrected chi connectivity index (χ4v) is 2.35. The average molecular weight is 321 g/mol. The number of nitrogens with one attached hydrogen (secondary N) is 1. The Balaban J connectivity index is 2.35. The molecule has 1 heterocycles. The predicted octanol–water partition coefficient (Wildman–Crippen LogP) is 1.44. The van der Waals surface area contributed by atoms with Gasteiger partial charge in [0.15, 0.2) is 11.7 Å². The van der Waals surface area contributed by atoms with Crippen LogP contribution in [0.4, 0.5) is 5.69 Å². The number of fused-ring (bicyclic) bond motifs is 1. The molecule has 1 aromatic carbocycles. The van der Waals surface area contributed by atoms with Crippen LogP contribution in [0.1, 0.15) is 19.4 Å². The molecule has 124 valence electrons. The van der Waals surface area contributed by atoms with Crippen molar-refractivity contribution in [2.24, 2.45) is 5.92 Å². The number of ether oxygens (including phenoxy) is 3. The molecule has 1 aliphatic rings. The third-order valence-electron chi connectivity index (χ3n) is 3.41. The highest BCUT2D eigenvalue weighted by Gasteiger charge is 2.45. The molecule has 0 fully saturated rings. The van der Waals surface area contributed by atoms with Crippen LogP contribution in [0.15, 0.2) is 18.2 Å². The van der Waals surface area contributed by atoms with Gasteiger partial charge in [0.25, 0.3) is 0 Å². The molecule has 1 aromatic rings. The van der Waals surface area contributed by atoms with Crippen molar-refractivity contribution in [2.75, 3.05) is 18.5 Å². The summed E-state index contributed by atoms with van der Waals surface area (Å²) in [6.07, 6.45) is 0. The Morgan fingerprint density at radius 2 is 1.83 bits per heavy atom. The number of hydrogen-bond donors (Lipinski definition) is 1. The monoisotopic (exact) mass is 321 g/mol. The molecule has 23 heavy (non-hydrogen) atoms. The molecule has 0 aromatic heterocycles. The number of aryl methyl sites for hydroxylation is 1. The van der Waals surface area contributed by atoms with E-state index in [0.717, 1.165) is 5.56 Å². The van der Waals surface area contributed by atoms with E-state index in [-0.39, 0.29) is 13.2 Å². The number of para-hydroxylation sites is 1. The SMILES string of the molecule is CCOC(=O)C(C(=O)OCC)C1Nc2c(C)cccc2OC1=O. The van der Waals surface area contributed by atoms with E-state index in [1.54, 1.807) is 26.0 Å². The summed E-state index contributed by atoms with van der Waals surface area (Å²) in [6, 6.07) is 4.01. The molecule has 7 nitrogen and oxygen atoms in total. The van der Waals surface area contributed by atoms with Gasteiger partial charge in [0.05, 0.1) is 18.9 Å². The van der Waals surface area contributed by atoms with E-state index in [9.17, 15) is 14.4 Å². The van der Waals surface area contributed by atoms with Gasteiger partial charge in [0.2, 0.25) is 0 Å². The summed E-state index contributed by atoms with van der Waals surface area (Å²) in [6.45, 7) is 5.24. The van der Waals surface area contributed by atoms with E-state index in [2.05, 4.69) is 5.32 Å². The highest BCUT2D eigenvalue weighted by atomic mass is 16.6. The van der Waals surface area contributed by atoms with Crippen molar-refractivity contribution < 1.29 is 28.6 Å². The van der Waals surface area contributed by atoms with Crippen molar-refractivity contribution in [3.05, 3.63) is 23.8 Å². The van der Waals surface area contributed by atoms with Gasteiger partial charge in [-0.1, -0.05) is 12.1 Å². The minimum atomic E-state index is -1.42. The second kappa shape index (κ2) is 7.13. The molecule has 1 N–H and O–H groups in total. The molecular weight excluding hydrogens is 302 g/mol. The summed E-state index contributed by atoms with van der Waals surface area (Å²) < 4.78 is 15.1. The quantitative estimate of drug-likeness (QED) is 0.498. The van der Waals surface area contributed by atoms with E-state index >= 15 is 0 Å². The summed E-state index contributed by atoms with van der Waals surface area (Å²) in [7, 11) is 0. The van der Waals surface area contributed by atoms with Gasteiger partial charge in [0.1, 0.15) is 6.04 Å². The van der Waals surface area contributed by atoms with E-state index < -0.39 is 29.9 Å². The number of esters is 3. The van der Waals surface area contributed by atoms with Crippen LogP contribution in [0.3, 0.4) is 0 Å². The smallest absolute Gasteiger partial charge is 0.335 e. The zero-order chi connectivity index (χ0) is 17.0. The lowest BCUT2D eigenvalue weighted by atomic mass is 9.97. The summed E-state index contributed by atoms with van der Waals surface area (Å²) >= 11 is 0. The molecule has 2 rings (SSSR count).